The van der Waals surface area contributed by atoms with Gasteiger partial charge in [0.1, 0.15) is 27.7 Å². The minimum atomic E-state index is -4.64. The second-order valence-electron chi connectivity index (χ2n) is 6.89. The molecular formula is C19H14F4N6O3S2. The molecule has 0 aliphatic carbocycles. The number of nitrogens with two attached hydrogens (primary N) is 1. The second kappa shape index (κ2) is 8.57. The molecule has 0 atom stereocenters. The van der Waals surface area contributed by atoms with Crippen molar-refractivity contribution in [1.29, 1.82) is 0 Å². The number of anilines is 2. The van der Waals surface area contributed by atoms with Crippen LogP contribution in [-0.4, -0.2) is 28.8 Å². The Morgan fingerprint density at radius 2 is 1.91 bits per heavy atom. The smallest absolute Gasteiger partial charge is 0.416 e. The van der Waals surface area contributed by atoms with Crippen LogP contribution in [0.5, 0.6) is 11.5 Å². The molecule has 0 unspecified atom stereocenters. The average Bonchev–Trinajstić information content (AvgIpc) is 3.41. The zero-order chi connectivity index (χ0) is 24.7. The van der Waals surface area contributed by atoms with Gasteiger partial charge in [0.25, 0.3) is 10.0 Å². The summed E-state index contributed by atoms with van der Waals surface area (Å²) in [6.07, 6.45) is -3.34. The highest BCUT2D eigenvalue weighted by Gasteiger charge is 2.32. The molecule has 178 valence electrons. The van der Waals surface area contributed by atoms with Crippen LogP contribution in [0.1, 0.15) is 11.1 Å². The number of H-pyrrole nitrogens is 1. The predicted molar refractivity (Wildman–Crippen MR) is 115 cm³/mol. The molecule has 2 heterocycles. The number of hydrogen-bond donors (Lipinski definition) is 3. The molecule has 0 saturated heterocycles. The minimum absolute atomic E-state index is 0.0458. The standard InChI is InChI=1S/C19H14F4N6O3S2/c1-9-4-16(34(30,31)29-18-28-26-8-33-18)13(20)6-15(9)32-14-3-2-10(19(21,22)23)5-11(14)12-7-25-27-17(12)24/h2-8H,1H3,(H,28,29)(H3,24,25,27). The van der Waals surface area contributed by atoms with Crippen LogP contribution in [0.3, 0.4) is 0 Å². The highest BCUT2D eigenvalue weighted by molar-refractivity contribution is 7.93. The van der Waals surface area contributed by atoms with Gasteiger partial charge in [-0.2, -0.15) is 18.3 Å². The van der Waals surface area contributed by atoms with Crippen molar-refractivity contribution in [3.05, 3.63) is 59.0 Å². The molecule has 0 fully saturated rings. The highest BCUT2D eigenvalue weighted by atomic mass is 32.2. The first kappa shape index (κ1) is 23.4. The number of sulfonamides is 1. The molecule has 15 heteroatoms. The van der Waals surface area contributed by atoms with Gasteiger partial charge in [-0.05, 0) is 36.8 Å². The number of halogens is 4. The van der Waals surface area contributed by atoms with Crippen LogP contribution in [0.25, 0.3) is 11.1 Å². The summed E-state index contributed by atoms with van der Waals surface area (Å²) >= 11 is 0.906. The Morgan fingerprint density at radius 3 is 2.53 bits per heavy atom. The minimum Gasteiger partial charge on any atom is -0.456 e. The Kier molecular flexibility index (Phi) is 5.91. The van der Waals surface area contributed by atoms with Crippen molar-refractivity contribution in [3.8, 4) is 22.6 Å². The SMILES string of the molecule is Cc1cc(S(=O)(=O)Nc2nncs2)c(F)cc1Oc1ccc(C(F)(F)F)cc1-c1c[nH]nc1N. The third-order valence-corrected chi connectivity index (χ3v) is 6.68. The second-order valence-corrected chi connectivity index (χ2v) is 9.38. The highest BCUT2D eigenvalue weighted by Crippen LogP contribution is 2.41. The average molecular weight is 514 g/mol. The van der Waals surface area contributed by atoms with Crippen LogP contribution >= 0.6 is 11.3 Å². The fourth-order valence-corrected chi connectivity index (χ4v) is 4.82. The maximum Gasteiger partial charge on any atom is 0.416 e. The first-order valence-electron chi connectivity index (χ1n) is 9.23. The van der Waals surface area contributed by atoms with E-state index in [1.54, 1.807) is 0 Å². The van der Waals surface area contributed by atoms with E-state index in [1.807, 2.05) is 0 Å². The maximum absolute atomic E-state index is 14.8. The molecular weight excluding hydrogens is 500 g/mol. The number of hydrogen-bond acceptors (Lipinski definition) is 8. The van der Waals surface area contributed by atoms with Crippen LogP contribution in [-0.2, 0) is 16.2 Å². The van der Waals surface area contributed by atoms with E-state index in [-0.39, 0.29) is 39.1 Å². The number of aryl methyl sites for hydroxylation is 1. The van der Waals surface area contributed by atoms with Gasteiger partial charge >= 0.3 is 6.18 Å². The van der Waals surface area contributed by atoms with Crippen molar-refractivity contribution < 1.29 is 30.7 Å². The first-order valence-corrected chi connectivity index (χ1v) is 11.6. The maximum atomic E-state index is 14.8. The summed E-state index contributed by atoms with van der Waals surface area (Å²) in [5.41, 5.74) is 6.38. The number of ether oxygens (including phenoxy) is 1. The normalized spacial score (nSPS) is 12.0. The van der Waals surface area contributed by atoms with Crippen molar-refractivity contribution in [3.63, 3.8) is 0 Å². The van der Waals surface area contributed by atoms with Gasteiger partial charge in [0.15, 0.2) is 5.82 Å². The van der Waals surface area contributed by atoms with Gasteiger partial charge in [-0.25, -0.2) is 12.8 Å². The molecule has 4 N–H and O–H groups in total. The molecule has 0 aliphatic rings. The van der Waals surface area contributed by atoms with Crippen LogP contribution in [0.2, 0.25) is 0 Å². The topological polar surface area (TPSA) is 136 Å². The number of nitrogens with one attached hydrogen (secondary N) is 2. The predicted octanol–water partition coefficient (Wildman–Crippen LogP) is 4.57. The van der Waals surface area contributed by atoms with E-state index in [0.29, 0.717) is 0 Å². The Bertz CT molecular complexity index is 1450. The Balaban J connectivity index is 1.73. The van der Waals surface area contributed by atoms with Crippen LogP contribution < -0.4 is 15.2 Å². The molecule has 34 heavy (non-hydrogen) atoms. The lowest BCUT2D eigenvalue weighted by Gasteiger charge is -2.16. The molecule has 0 spiro atoms. The quantitative estimate of drug-likeness (QED) is 0.321. The number of nitrogen functional groups attached to an aromatic ring is 1. The van der Waals surface area contributed by atoms with Crippen molar-refractivity contribution in [2.24, 2.45) is 0 Å². The number of alkyl halides is 3. The lowest BCUT2D eigenvalue weighted by atomic mass is 10.0. The summed E-state index contributed by atoms with van der Waals surface area (Å²) in [4.78, 5) is -0.667. The van der Waals surface area contributed by atoms with Crippen LogP contribution in [0.4, 0.5) is 28.5 Å². The lowest BCUT2D eigenvalue weighted by molar-refractivity contribution is -0.137. The third-order valence-electron chi connectivity index (χ3n) is 4.59. The lowest BCUT2D eigenvalue weighted by Crippen LogP contribution is -2.15. The molecule has 2 aromatic carbocycles. The summed E-state index contributed by atoms with van der Waals surface area (Å²) < 4.78 is 87.5. The van der Waals surface area contributed by atoms with E-state index in [0.717, 1.165) is 41.7 Å². The number of nitrogens with zero attached hydrogens (tertiary/aromatic N) is 3. The third kappa shape index (κ3) is 4.65. The molecule has 0 aliphatic heterocycles. The molecule has 0 amide bonds. The number of rotatable bonds is 6. The molecule has 4 rings (SSSR count). The Labute approximate surface area is 193 Å². The molecule has 0 saturated carbocycles. The monoisotopic (exact) mass is 514 g/mol. The molecule has 2 aromatic heterocycles. The van der Waals surface area contributed by atoms with Gasteiger partial charge in [-0.1, -0.05) is 11.3 Å². The molecule has 0 radical (unpaired) electrons. The Hall–Kier alpha value is -3.72. The van der Waals surface area contributed by atoms with Gasteiger partial charge in [-0.15, -0.1) is 10.2 Å². The molecule has 0 bridgehead atoms. The summed E-state index contributed by atoms with van der Waals surface area (Å²) in [7, 11) is -4.32. The van der Waals surface area contributed by atoms with E-state index in [1.165, 1.54) is 18.6 Å². The van der Waals surface area contributed by atoms with Crippen molar-refractivity contribution >= 4 is 32.3 Å². The zero-order valence-corrected chi connectivity index (χ0v) is 18.6. The van der Waals surface area contributed by atoms with E-state index in [4.69, 9.17) is 10.5 Å². The van der Waals surface area contributed by atoms with Crippen LogP contribution in [0.15, 0.2) is 46.9 Å². The summed E-state index contributed by atoms with van der Waals surface area (Å²) in [6.45, 7) is 1.45. The van der Waals surface area contributed by atoms with Crippen molar-refractivity contribution in [2.75, 3.05) is 10.5 Å². The first-order chi connectivity index (χ1) is 16.0. The van der Waals surface area contributed by atoms with Gasteiger partial charge in [-0.3, -0.25) is 9.82 Å². The van der Waals surface area contributed by atoms with Gasteiger partial charge in [0, 0.05) is 23.4 Å². The van der Waals surface area contributed by atoms with Gasteiger partial charge < -0.3 is 10.5 Å². The number of aromatic nitrogens is 4. The summed E-state index contributed by atoms with van der Waals surface area (Å²) in [5, 5.41) is 13.2. The fourth-order valence-electron chi connectivity index (χ4n) is 2.98. The van der Waals surface area contributed by atoms with Crippen LogP contribution in [0, 0.1) is 12.7 Å². The van der Waals surface area contributed by atoms with Crippen molar-refractivity contribution in [1.82, 2.24) is 20.4 Å². The van der Waals surface area contributed by atoms with E-state index >= 15 is 0 Å². The molecule has 9 nitrogen and oxygen atoms in total. The summed E-state index contributed by atoms with van der Waals surface area (Å²) in [6, 6.07) is 4.54. The molecule has 4 aromatic rings. The van der Waals surface area contributed by atoms with E-state index in [9.17, 15) is 26.0 Å². The number of aromatic amines is 1. The van der Waals surface area contributed by atoms with Crippen molar-refractivity contribution in [2.45, 2.75) is 18.0 Å². The largest absolute Gasteiger partial charge is 0.456 e. The fraction of sp³-hybridized carbons (Fsp3) is 0.105. The van der Waals surface area contributed by atoms with Gasteiger partial charge in [0.05, 0.1) is 5.56 Å². The Morgan fingerprint density at radius 1 is 1.15 bits per heavy atom. The van der Waals surface area contributed by atoms with E-state index in [2.05, 4.69) is 25.1 Å². The van der Waals surface area contributed by atoms with Gasteiger partial charge in [0.2, 0.25) is 5.13 Å². The summed E-state index contributed by atoms with van der Waals surface area (Å²) in [5.74, 6) is -1.41. The zero-order valence-electron chi connectivity index (χ0n) is 17.0. The number of benzene rings is 2. The van der Waals surface area contributed by atoms with E-state index < -0.39 is 32.5 Å².